The van der Waals surface area contributed by atoms with Crippen molar-refractivity contribution in [2.24, 2.45) is 0 Å². The van der Waals surface area contributed by atoms with Gasteiger partial charge in [-0.1, -0.05) is 26.2 Å². The van der Waals surface area contributed by atoms with Crippen molar-refractivity contribution in [1.82, 2.24) is 5.32 Å². The zero-order valence-electron chi connectivity index (χ0n) is 8.64. The second-order valence-corrected chi connectivity index (χ2v) is 3.65. The van der Waals surface area contributed by atoms with Crippen LogP contribution in [0.1, 0.15) is 46.5 Å². The lowest BCUT2D eigenvalue weighted by Gasteiger charge is -2.17. The summed E-state index contributed by atoms with van der Waals surface area (Å²) in [4.78, 5) is 0. The van der Waals surface area contributed by atoms with Crippen molar-refractivity contribution in [2.45, 2.75) is 58.5 Å². The molecule has 0 unspecified atom stereocenters. The van der Waals surface area contributed by atoms with Crippen molar-refractivity contribution in [1.29, 1.82) is 0 Å². The summed E-state index contributed by atoms with van der Waals surface area (Å²) in [5, 5.41) is 12.1. The summed E-state index contributed by atoms with van der Waals surface area (Å²) < 4.78 is 0. The van der Waals surface area contributed by atoms with Gasteiger partial charge in [-0.2, -0.15) is 0 Å². The predicted octanol–water partition coefficient (Wildman–Crippen LogP) is 1.93. The maximum absolute atomic E-state index is 8.79. The predicted molar refractivity (Wildman–Crippen MR) is 53.3 cm³/mol. The third-order valence-corrected chi connectivity index (χ3v) is 2.08. The van der Waals surface area contributed by atoms with E-state index in [4.69, 9.17) is 5.11 Å². The first-order valence-corrected chi connectivity index (χ1v) is 5.07. The lowest BCUT2D eigenvalue weighted by atomic mass is 10.1. The van der Waals surface area contributed by atoms with E-state index in [0.717, 1.165) is 0 Å². The number of hydrogen-bond acceptors (Lipinski definition) is 2. The molecule has 0 bridgehead atoms. The van der Waals surface area contributed by atoms with Gasteiger partial charge >= 0.3 is 0 Å². The Morgan fingerprint density at radius 2 is 1.83 bits per heavy atom. The number of unbranched alkanes of at least 4 members (excludes halogenated alkanes) is 2. The van der Waals surface area contributed by atoms with E-state index in [9.17, 15) is 0 Å². The molecule has 2 heteroatoms. The molecule has 12 heavy (non-hydrogen) atoms. The van der Waals surface area contributed by atoms with Crippen LogP contribution in [0.15, 0.2) is 0 Å². The van der Waals surface area contributed by atoms with Gasteiger partial charge in [0.25, 0.3) is 0 Å². The molecule has 0 saturated heterocycles. The Kier molecular flexibility index (Phi) is 7.51. The highest BCUT2D eigenvalue weighted by Crippen LogP contribution is 2.03. The van der Waals surface area contributed by atoms with Gasteiger partial charge in [0.15, 0.2) is 0 Å². The van der Waals surface area contributed by atoms with Gasteiger partial charge in [-0.15, -0.1) is 0 Å². The minimum Gasteiger partial charge on any atom is -0.395 e. The number of aliphatic hydroxyl groups excluding tert-OH is 1. The summed E-state index contributed by atoms with van der Waals surface area (Å²) >= 11 is 0. The molecule has 0 spiro atoms. The van der Waals surface area contributed by atoms with E-state index in [1.54, 1.807) is 0 Å². The Balaban J connectivity index is 3.26. The first-order valence-electron chi connectivity index (χ1n) is 5.07. The molecule has 0 rings (SSSR count). The van der Waals surface area contributed by atoms with Gasteiger partial charge in [-0.3, -0.25) is 0 Å². The normalized spacial score (nSPS) is 16.0. The minimum atomic E-state index is 0.234. The van der Waals surface area contributed by atoms with Crippen LogP contribution in [0, 0.1) is 0 Å². The molecule has 0 heterocycles. The average molecular weight is 173 g/mol. The van der Waals surface area contributed by atoms with Crippen LogP contribution in [0.5, 0.6) is 0 Å². The molecule has 0 aromatic rings. The molecule has 0 saturated carbocycles. The van der Waals surface area contributed by atoms with E-state index in [-0.39, 0.29) is 12.6 Å². The number of aliphatic hydroxyl groups is 1. The average Bonchev–Trinajstić information content (AvgIpc) is 2.05. The highest BCUT2D eigenvalue weighted by molar-refractivity contribution is 4.66. The minimum absolute atomic E-state index is 0.234. The summed E-state index contributed by atoms with van der Waals surface area (Å²) in [6.45, 7) is 6.64. The van der Waals surface area contributed by atoms with E-state index in [1.807, 2.05) is 6.92 Å². The highest BCUT2D eigenvalue weighted by Gasteiger charge is 2.04. The monoisotopic (exact) mass is 173 g/mol. The van der Waals surface area contributed by atoms with Crippen LogP contribution in [0.2, 0.25) is 0 Å². The molecule has 0 fully saturated rings. The Morgan fingerprint density at radius 3 is 2.33 bits per heavy atom. The molecule has 0 aromatic heterocycles. The summed E-state index contributed by atoms with van der Waals surface area (Å²) in [7, 11) is 0. The molecular formula is C10H23NO. The van der Waals surface area contributed by atoms with Crippen LogP contribution < -0.4 is 5.32 Å². The topological polar surface area (TPSA) is 32.3 Å². The summed E-state index contributed by atoms with van der Waals surface area (Å²) in [5.74, 6) is 0. The third-order valence-electron chi connectivity index (χ3n) is 2.08. The van der Waals surface area contributed by atoms with Crippen LogP contribution >= 0.6 is 0 Å². The van der Waals surface area contributed by atoms with Gasteiger partial charge in [-0.25, -0.2) is 0 Å². The molecule has 0 aliphatic carbocycles. The quantitative estimate of drug-likeness (QED) is 0.577. The standard InChI is InChI=1S/C10H23NO/c1-4-5-6-7-9(2)11-10(3)8-12/h9-12H,4-8H2,1-3H3/t9-,10-/m1/s1. The van der Waals surface area contributed by atoms with Crippen LogP contribution in [0.4, 0.5) is 0 Å². The molecule has 0 aliphatic rings. The van der Waals surface area contributed by atoms with Crippen molar-refractivity contribution in [3.8, 4) is 0 Å². The fourth-order valence-electron chi connectivity index (χ4n) is 1.32. The smallest absolute Gasteiger partial charge is 0.0582 e. The Hall–Kier alpha value is -0.0800. The SMILES string of the molecule is CCCCC[C@@H](C)N[C@H](C)CO. The van der Waals surface area contributed by atoms with Crippen LogP contribution in [-0.4, -0.2) is 23.8 Å². The molecule has 0 aromatic carbocycles. The van der Waals surface area contributed by atoms with Gasteiger partial charge in [0.1, 0.15) is 0 Å². The number of nitrogens with one attached hydrogen (secondary N) is 1. The molecule has 0 radical (unpaired) electrons. The van der Waals surface area contributed by atoms with Gasteiger partial charge in [0, 0.05) is 12.1 Å². The molecular weight excluding hydrogens is 150 g/mol. The molecule has 2 atom stereocenters. The van der Waals surface area contributed by atoms with Crippen molar-refractivity contribution in [3.63, 3.8) is 0 Å². The van der Waals surface area contributed by atoms with Gasteiger partial charge in [0.2, 0.25) is 0 Å². The number of hydrogen-bond donors (Lipinski definition) is 2. The molecule has 74 valence electrons. The lowest BCUT2D eigenvalue weighted by molar-refractivity contribution is 0.240. The van der Waals surface area contributed by atoms with E-state index >= 15 is 0 Å². The Morgan fingerprint density at radius 1 is 1.17 bits per heavy atom. The molecule has 0 amide bonds. The van der Waals surface area contributed by atoms with Crippen molar-refractivity contribution >= 4 is 0 Å². The van der Waals surface area contributed by atoms with Crippen molar-refractivity contribution < 1.29 is 5.11 Å². The van der Waals surface area contributed by atoms with Crippen LogP contribution in [0.25, 0.3) is 0 Å². The summed E-state index contributed by atoms with van der Waals surface area (Å²) in [5.41, 5.74) is 0. The molecule has 2 N–H and O–H groups in total. The third kappa shape index (κ3) is 6.62. The van der Waals surface area contributed by atoms with Gasteiger partial charge in [-0.05, 0) is 20.3 Å². The largest absolute Gasteiger partial charge is 0.395 e. The van der Waals surface area contributed by atoms with Gasteiger partial charge < -0.3 is 10.4 Å². The second kappa shape index (κ2) is 7.56. The fourth-order valence-corrected chi connectivity index (χ4v) is 1.32. The van der Waals surface area contributed by atoms with E-state index in [2.05, 4.69) is 19.2 Å². The van der Waals surface area contributed by atoms with E-state index in [1.165, 1.54) is 25.7 Å². The molecule has 0 aliphatic heterocycles. The maximum atomic E-state index is 8.79. The van der Waals surface area contributed by atoms with E-state index in [0.29, 0.717) is 6.04 Å². The second-order valence-electron chi connectivity index (χ2n) is 3.65. The first kappa shape index (κ1) is 11.9. The zero-order valence-corrected chi connectivity index (χ0v) is 8.64. The van der Waals surface area contributed by atoms with Crippen LogP contribution in [0.3, 0.4) is 0 Å². The number of rotatable bonds is 7. The zero-order chi connectivity index (χ0) is 9.40. The summed E-state index contributed by atoms with van der Waals surface area (Å²) in [6, 6.07) is 0.778. The van der Waals surface area contributed by atoms with Crippen molar-refractivity contribution in [3.05, 3.63) is 0 Å². The van der Waals surface area contributed by atoms with Crippen molar-refractivity contribution in [2.75, 3.05) is 6.61 Å². The Bertz CT molecular complexity index is 95.8. The van der Waals surface area contributed by atoms with E-state index < -0.39 is 0 Å². The fraction of sp³-hybridized carbons (Fsp3) is 1.00. The van der Waals surface area contributed by atoms with Crippen LogP contribution in [-0.2, 0) is 0 Å². The maximum Gasteiger partial charge on any atom is 0.0582 e. The highest BCUT2D eigenvalue weighted by atomic mass is 16.3. The Labute approximate surface area is 76.4 Å². The molecule has 2 nitrogen and oxygen atoms in total. The van der Waals surface area contributed by atoms with Gasteiger partial charge in [0.05, 0.1) is 6.61 Å². The summed E-state index contributed by atoms with van der Waals surface area (Å²) in [6.07, 6.45) is 5.11. The first-order chi connectivity index (χ1) is 5.70. The lowest BCUT2D eigenvalue weighted by Crippen LogP contribution is -2.36.